The summed E-state index contributed by atoms with van der Waals surface area (Å²) in [5.74, 6) is 1.08. The molecule has 0 unspecified atom stereocenters. The summed E-state index contributed by atoms with van der Waals surface area (Å²) in [5, 5.41) is 8.79. The number of aromatic nitrogens is 2. The van der Waals surface area contributed by atoms with Crippen molar-refractivity contribution >= 4 is 11.7 Å². The van der Waals surface area contributed by atoms with Crippen molar-refractivity contribution < 1.29 is 4.79 Å². The first-order valence-corrected chi connectivity index (χ1v) is 8.72. The number of carbonyl (C=O) groups excluding carboxylic acids is 1. The predicted octanol–water partition coefficient (Wildman–Crippen LogP) is 3.07. The Morgan fingerprint density at radius 1 is 1.12 bits per heavy atom. The van der Waals surface area contributed by atoms with Crippen molar-refractivity contribution in [1.82, 2.24) is 15.1 Å². The van der Waals surface area contributed by atoms with Crippen molar-refractivity contribution in [3.05, 3.63) is 54.6 Å². The topological polar surface area (TPSA) is 49.3 Å². The van der Waals surface area contributed by atoms with Crippen LogP contribution in [0, 0.1) is 6.92 Å². The molecule has 1 fully saturated rings. The lowest BCUT2D eigenvalue weighted by atomic mass is 10.1. The van der Waals surface area contributed by atoms with E-state index < -0.39 is 0 Å². The molecule has 0 N–H and O–H groups in total. The van der Waals surface area contributed by atoms with Gasteiger partial charge in [0.25, 0.3) is 0 Å². The van der Waals surface area contributed by atoms with Crippen LogP contribution in [0.25, 0.3) is 11.3 Å². The van der Waals surface area contributed by atoms with E-state index in [2.05, 4.69) is 40.7 Å². The summed E-state index contributed by atoms with van der Waals surface area (Å²) in [4.78, 5) is 16.2. The lowest BCUT2D eigenvalue weighted by Gasteiger charge is -2.35. The molecule has 5 heteroatoms. The normalized spacial score (nSPS) is 14.4. The quantitative estimate of drug-likeness (QED) is 0.788. The van der Waals surface area contributed by atoms with Crippen LogP contribution in [-0.4, -0.2) is 47.2 Å². The van der Waals surface area contributed by atoms with Crippen molar-refractivity contribution in [2.75, 3.05) is 31.1 Å². The molecule has 0 bridgehead atoms. The first-order valence-electron chi connectivity index (χ1n) is 8.72. The Morgan fingerprint density at radius 3 is 2.52 bits per heavy atom. The van der Waals surface area contributed by atoms with Crippen molar-refractivity contribution in [2.24, 2.45) is 0 Å². The Kier molecular flexibility index (Phi) is 5.43. The minimum atomic E-state index is 0.209. The molecule has 2 aromatic rings. The van der Waals surface area contributed by atoms with Crippen LogP contribution in [0.5, 0.6) is 0 Å². The number of nitrogens with zero attached hydrogens (tertiary/aromatic N) is 4. The van der Waals surface area contributed by atoms with E-state index in [4.69, 9.17) is 0 Å². The van der Waals surface area contributed by atoms with Crippen LogP contribution >= 0.6 is 0 Å². The molecule has 0 saturated carbocycles. The average molecular weight is 336 g/mol. The lowest BCUT2D eigenvalue weighted by molar-refractivity contribution is -0.131. The van der Waals surface area contributed by atoms with Gasteiger partial charge in [-0.15, -0.1) is 16.8 Å². The molecule has 0 spiro atoms. The first-order chi connectivity index (χ1) is 12.2. The zero-order valence-electron chi connectivity index (χ0n) is 14.7. The largest absolute Gasteiger partial charge is 0.352 e. The summed E-state index contributed by atoms with van der Waals surface area (Å²) < 4.78 is 0. The molecule has 130 valence electrons. The maximum Gasteiger partial charge on any atom is 0.223 e. The number of benzene rings is 1. The van der Waals surface area contributed by atoms with Crippen LogP contribution in [0.3, 0.4) is 0 Å². The summed E-state index contributed by atoms with van der Waals surface area (Å²) in [6, 6.07) is 12.2. The number of anilines is 1. The monoisotopic (exact) mass is 336 g/mol. The zero-order valence-corrected chi connectivity index (χ0v) is 14.7. The third kappa shape index (κ3) is 4.05. The minimum Gasteiger partial charge on any atom is -0.352 e. The molecule has 1 aliphatic heterocycles. The second kappa shape index (κ2) is 7.92. The third-order valence-electron chi connectivity index (χ3n) is 4.59. The number of rotatable bonds is 5. The second-order valence-corrected chi connectivity index (χ2v) is 6.29. The van der Waals surface area contributed by atoms with Gasteiger partial charge in [0, 0.05) is 38.2 Å². The molecule has 2 heterocycles. The molecule has 0 atom stereocenters. The number of carbonyl (C=O) groups is 1. The van der Waals surface area contributed by atoms with Crippen LogP contribution in [0.2, 0.25) is 0 Å². The molecule has 5 nitrogen and oxygen atoms in total. The van der Waals surface area contributed by atoms with Gasteiger partial charge < -0.3 is 9.80 Å². The number of hydrogen-bond donors (Lipinski definition) is 0. The third-order valence-corrected chi connectivity index (χ3v) is 4.59. The van der Waals surface area contributed by atoms with Gasteiger partial charge in [-0.2, -0.15) is 0 Å². The van der Waals surface area contributed by atoms with Gasteiger partial charge in [-0.05, 0) is 31.0 Å². The molecule has 1 aromatic carbocycles. The van der Waals surface area contributed by atoms with Crippen LogP contribution < -0.4 is 4.90 Å². The minimum absolute atomic E-state index is 0.209. The molecular weight excluding hydrogens is 312 g/mol. The van der Waals surface area contributed by atoms with E-state index in [0.717, 1.165) is 49.7 Å². The van der Waals surface area contributed by atoms with E-state index in [-0.39, 0.29) is 5.91 Å². The fourth-order valence-corrected chi connectivity index (χ4v) is 3.07. The molecule has 25 heavy (non-hydrogen) atoms. The highest BCUT2D eigenvalue weighted by atomic mass is 16.2. The molecule has 1 aliphatic rings. The van der Waals surface area contributed by atoms with E-state index in [0.29, 0.717) is 6.42 Å². The van der Waals surface area contributed by atoms with E-state index >= 15 is 0 Å². The lowest BCUT2D eigenvalue weighted by Crippen LogP contribution is -2.49. The molecule has 0 aliphatic carbocycles. The standard InChI is InChI=1S/C20H24N4O/c1-3-4-9-20(25)24-14-12-23(13-15-24)19-11-10-18(21-22-19)17-8-6-5-7-16(17)2/h3,5-8,10-11H,1,4,9,12-15H2,2H3. The Bertz CT molecular complexity index is 734. The molecule has 0 radical (unpaired) electrons. The average Bonchev–Trinajstić information content (AvgIpc) is 2.67. The SMILES string of the molecule is C=CCCC(=O)N1CCN(c2ccc(-c3ccccc3C)nn2)CC1. The number of allylic oxidation sites excluding steroid dienone is 1. The summed E-state index contributed by atoms with van der Waals surface area (Å²) >= 11 is 0. The first kappa shape index (κ1) is 17.1. The summed E-state index contributed by atoms with van der Waals surface area (Å²) in [6.45, 7) is 8.79. The Labute approximate surface area is 149 Å². The molecule has 1 amide bonds. The Hall–Kier alpha value is -2.69. The maximum absolute atomic E-state index is 12.1. The summed E-state index contributed by atoms with van der Waals surface area (Å²) in [6.07, 6.45) is 3.08. The highest BCUT2D eigenvalue weighted by molar-refractivity contribution is 5.76. The van der Waals surface area contributed by atoms with E-state index in [9.17, 15) is 4.79 Å². The van der Waals surface area contributed by atoms with Gasteiger partial charge in [-0.3, -0.25) is 4.79 Å². The number of piperazine rings is 1. The van der Waals surface area contributed by atoms with Crippen molar-refractivity contribution in [3.63, 3.8) is 0 Å². The smallest absolute Gasteiger partial charge is 0.223 e. The van der Waals surface area contributed by atoms with Crippen LogP contribution in [0.1, 0.15) is 18.4 Å². The predicted molar refractivity (Wildman–Crippen MR) is 100 cm³/mol. The molecule has 3 rings (SSSR count). The fraction of sp³-hybridized carbons (Fsp3) is 0.350. The van der Waals surface area contributed by atoms with Gasteiger partial charge in [0.05, 0.1) is 5.69 Å². The van der Waals surface area contributed by atoms with Crippen LogP contribution in [0.4, 0.5) is 5.82 Å². The van der Waals surface area contributed by atoms with Crippen molar-refractivity contribution in [1.29, 1.82) is 0 Å². The van der Waals surface area contributed by atoms with Gasteiger partial charge in [0.1, 0.15) is 0 Å². The van der Waals surface area contributed by atoms with E-state index in [1.165, 1.54) is 5.56 Å². The van der Waals surface area contributed by atoms with E-state index in [1.54, 1.807) is 6.08 Å². The van der Waals surface area contributed by atoms with Crippen molar-refractivity contribution in [2.45, 2.75) is 19.8 Å². The summed E-state index contributed by atoms with van der Waals surface area (Å²) in [5.41, 5.74) is 3.19. The molecular formula is C20H24N4O. The Morgan fingerprint density at radius 2 is 1.88 bits per heavy atom. The van der Waals surface area contributed by atoms with Gasteiger partial charge in [-0.1, -0.05) is 30.3 Å². The van der Waals surface area contributed by atoms with Gasteiger partial charge in [0.2, 0.25) is 5.91 Å². The summed E-state index contributed by atoms with van der Waals surface area (Å²) in [7, 11) is 0. The van der Waals surface area contributed by atoms with Crippen molar-refractivity contribution in [3.8, 4) is 11.3 Å². The molecule has 1 aromatic heterocycles. The highest BCUT2D eigenvalue weighted by Gasteiger charge is 2.21. The Balaban J connectivity index is 1.62. The highest BCUT2D eigenvalue weighted by Crippen LogP contribution is 2.22. The van der Waals surface area contributed by atoms with E-state index in [1.807, 2.05) is 29.2 Å². The van der Waals surface area contributed by atoms with Gasteiger partial charge >= 0.3 is 0 Å². The molecule has 1 saturated heterocycles. The van der Waals surface area contributed by atoms with Crippen LogP contribution in [0.15, 0.2) is 49.1 Å². The number of amides is 1. The number of hydrogen-bond acceptors (Lipinski definition) is 4. The zero-order chi connectivity index (χ0) is 17.6. The maximum atomic E-state index is 12.1. The second-order valence-electron chi connectivity index (χ2n) is 6.29. The van der Waals surface area contributed by atoms with Crippen LogP contribution in [-0.2, 0) is 4.79 Å². The van der Waals surface area contributed by atoms with Gasteiger partial charge in [0.15, 0.2) is 5.82 Å². The number of aryl methyl sites for hydroxylation is 1. The van der Waals surface area contributed by atoms with Gasteiger partial charge in [-0.25, -0.2) is 0 Å². The fourth-order valence-electron chi connectivity index (χ4n) is 3.07.